The number of ketones is 1. The van der Waals surface area contributed by atoms with Gasteiger partial charge in [-0.15, -0.1) is 0 Å². The van der Waals surface area contributed by atoms with E-state index in [4.69, 9.17) is 0 Å². The second kappa shape index (κ2) is 4.53. The van der Waals surface area contributed by atoms with Crippen LogP contribution < -0.4 is 10.4 Å². The van der Waals surface area contributed by atoms with Crippen molar-refractivity contribution in [1.82, 2.24) is 0 Å². The maximum atomic E-state index is 12.3. The topological polar surface area (TPSA) is 17.1 Å². The summed E-state index contributed by atoms with van der Waals surface area (Å²) in [6.07, 6.45) is 4.51. The lowest BCUT2D eigenvalue weighted by Gasteiger charge is -2.01. The molecule has 3 aromatic carbocycles. The van der Waals surface area contributed by atoms with Crippen molar-refractivity contribution in [3.8, 4) is 0 Å². The predicted molar refractivity (Wildman–Crippen MR) is 90.7 cm³/mol. The van der Waals surface area contributed by atoms with Crippen LogP contribution in [0.3, 0.4) is 0 Å². The highest BCUT2D eigenvalue weighted by molar-refractivity contribution is 6.07. The molecule has 1 heteroatoms. The molecule has 2 aliphatic carbocycles. The van der Waals surface area contributed by atoms with Gasteiger partial charge in [-0.05, 0) is 54.6 Å². The third kappa shape index (κ3) is 1.77. The van der Waals surface area contributed by atoms with Crippen LogP contribution in [0, 0.1) is 20.9 Å². The minimum atomic E-state index is 0.174. The van der Waals surface area contributed by atoms with Gasteiger partial charge in [0.1, 0.15) is 0 Å². The molecule has 0 heterocycles. The van der Waals surface area contributed by atoms with Gasteiger partial charge in [-0.1, -0.05) is 60.7 Å². The van der Waals surface area contributed by atoms with Crippen molar-refractivity contribution in [1.29, 1.82) is 0 Å². The van der Waals surface area contributed by atoms with Gasteiger partial charge in [0.05, 0.1) is 0 Å². The summed E-state index contributed by atoms with van der Waals surface area (Å²) in [6, 6.07) is 21.0. The van der Waals surface area contributed by atoms with Gasteiger partial charge in [-0.2, -0.15) is 0 Å². The molecule has 0 saturated heterocycles. The Bertz CT molecular complexity index is 1300. The van der Waals surface area contributed by atoms with Gasteiger partial charge in [0.25, 0.3) is 0 Å². The number of carbonyl (C=O) groups is 1. The molecule has 0 N–H and O–H groups in total. The standard InChI is InChI=1S/C22H14O/c23-18-12-16-7-3-6-15-11-14-5-1-2-9-19(14)20-10-4-8-17(13-18)22(20)21(15)16/h1-12H,13H2. The summed E-state index contributed by atoms with van der Waals surface area (Å²) >= 11 is 0. The largest absolute Gasteiger partial charge is 0.294 e. The Morgan fingerprint density at radius 3 is 2.39 bits per heavy atom. The Morgan fingerprint density at radius 2 is 1.43 bits per heavy atom. The van der Waals surface area contributed by atoms with Crippen LogP contribution >= 0.6 is 0 Å². The molecule has 0 saturated carbocycles. The molecular formula is C22H14O. The average Bonchev–Trinajstić information content (AvgIpc) is 2.80. The van der Waals surface area contributed by atoms with Crippen LogP contribution in [0.2, 0.25) is 0 Å². The third-order valence-electron chi connectivity index (χ3n) is 4.77. The number of Topliss-reactive ketones (excluding diaryl/α,β-unsaturated/α-hetero) is 1. The zero-order chi connectivity index (χ0) is 15.4. The van der Waals surface area contributed by atoms with Crippen molar-refractivity contribution in [2.45, 2.75) is 6.42 Å². The second-order valence-corrected chi connectivity index (χ2v) is 6.17. The van der Waals surface area contributed by atoms with Crippen molar-refractivity contribution >= 4 is 17.9 Å². The van der Waals surface area contributed by atoms with E-state index in [0.29, 0.717) is 6.42 Å². The molecule has 2 aliphatic rings. The van der Waals surface area contributed by atoms with Crippen molar-refractivity contribution in [2.24, 2.45) is 0 Å². The lowest BCUT2D eigenvalue weighted by molar-refractivity contribution is -0.112. The minimum Gasteiger partial charge on any atom is -0.294 e. The van der Waals surface area contributed by atoms with E-state index in [9.17, 15) is 4.79 Å². The summed E-state index contributed by atoms with van der Waals surface area (Å²) in [5.74, 6) is 0.174. The number of hydrogen-bond acceptors (Lipinski definition) is 1. The fourth-order valence-corrected chi connectivity index (χ4v) is 3.83. The molecule has 1 nitrogen and oxygen atoms in total. The molecule has 5 rings (SSSR count). The van der Waals surface area contributed by atoms with Crippen LogP contribution in [0.1, 0.15) is 11.1 Å². The Kier molecular flexibility index (Phi) is 2.48. The average molecular weight is 294 g/mol. The highest BCUT2D eigenvalue weighted by atomic mass is 16.1. The molecule has 0 aliphatic heterocycles. The maximum Gasteiger partial charge on any atom is 0.160 e. The lowest BCUT2D eigenvalue weighted by Crippen LogP contribution is -2.08. The molecule has 3 aromatic rings. The van der Waals surface area contributed by atoms with Crippen LogP contribution in [0.15, 0.2) is 60.7 Å². The first-order valence-corrected chi connectivity index (χ1v) is 7.88. The van der Waals surface area contributed by atoms with E-state index in [0.717, 1.165) is 10.8 Å². The van der Waals surface area contributed by atoms with Crippen LogP contribution in [0.25, 0.3) is 12.2 Å². The van der Waals surface area contributed by atoms with Crippen molar-refractivity contribution in [2.75, 3.05) is 0 Å². The van der Waals surface area contributed by atoms with Gasteiger partial charge < -0.3 is 0 Å². The Balaban J connectivity index is 2.32. The summed E-state index contributed by atoms with van der Waals surface area (Å²) < 4.78 is 0. The molecule has 0 aromatic heterocycles. The summed E-state index contributed by atoms with van der Waals surface area (Å²) in [6.45, 7) is 0. The van der Waals surface area contributed by atoms with E-state index in [1.54, 1.807) is 6.08 Å². The first kappa shape index (κ1) is 12.6. The molecule has 108 valence electrons. The second-order valence-electron chi connectivity index (χ2n) is 6.17. The van der Waals surface area contributed by atoms with Gasteiger partial charge >= 0.3 is 0 Å². The molecule has 0 amide bonds. The Morgan fingerprint density at radius 1 is 0.652 bits per heavy atom. The predicted octanol–water partition coefficient (Wildman–Crippen LogP) is 2.31. The van der Waals surface area contributed by atoms with Gasteiger partial charge in [0, 0.05) is 6.42 Å². The van der Waals surface area contributed by atoms with Crippen molar-refractivity contribution in [3.05, 3.63) is 103 Å². The smallest absolute Gasteiger partial charge is 0.160 e. The maximum absolute atomic E-state index is 12.3. The molecule has 0 radical (unpaired) electrons. The molecule has 0 fully saturated rings. The highest BCUT2D eigenvalue weighted by Crippen LogP contribution is 2.15. The molecule has 0 unspecified atom stereocenters. The lowest BCUT2D eigenvalue weighted by atomic mass is 10.0. The molecule has 23 heavy (non-hydrogen) atoms. The monoisotopic (exact) mass is 294 g/mol. The SMILES string of the molecule is O=C1C=c2cccc3c2=c2c(cccc2=c2ccccc2=C3)C1. The van der Waals surface area contributed by atoms with E-state index < -0.39 is 0 Å². The van der Waals surface area contributed by atoms with Crippen LogP contribution in [0.4, 0.5) is 0 Å². The van der Waals surface area contributed by atoms with E-state index >= 15 is 0 Å². The summed E-state index contributed by atoms with van der Waals surface area (Å²) in [4.78, 5) is 12.3. The summed E-state index contributed by atoms with van der Waals surface area (Å²) in [5, 5.41) is 7.14. The number of fused-ring (bicyclic) bond motifs is 1. The molecular weight excluding hydrogens is 280 g/mol. The number of benzene rings is 3. The normalized spacial score (nSPS) is 13.8. The van der Waals surface area contributed by atoms with Gasteiger partial charge in [-0.25, -0.2) is 0 Å². The molecule has 0 bridgehead atoms. The van der Waals surface area contributed by atoms with Crippen LogP contribution in [0.5, 0.6) is 0 Å². The molecule has 0 atom stereocenters. The van der Waals surface area contributed by atoms with E-state index in [1.165, 1.54) is 31.7 Å². The third-order valence-corrected chi connectivity index (χ3v) is 4.77. The first-order valence-electron chi connectivity index (χ1n) is 7.88. The summed E-state index contributed by atoms with van der Waals surface area (Å²) in [5.41, 5.74) is 2.31. The fraction of sp³-hybridized carbons (Fsp3) is 0.0455. The summed E-state index contributed by atoms with van der Waals surface area (Å²) in [7, 11) is 0. The number of hydrogen-bond donors (Lipinski definition) is 0. The van der Waals surface area contributed by atoms with Gasteiger partial charge in [0.15, 0.2) is 5.78 Å². The quantitative estimate of drug-likeness (QED) is 0.486. The Labute approximate surface area is 132 Å². The molecule has 0 spiro atoms. The van der Waals surface area contributed by atoms with E-state index in [1.807, 2.05) is 12.1 Å². The van der Waals surface area contributed by atoms with Crippen molar-refractivity contribution < 1.29 is 4.79 Å². The first-order chi connectivity index (χ1) is 11.3. The van der Waals surface area contributed by atoms with Gasteiger partial charge in [0.2, 0.25) is 0 Å². The fourth-order valence-electron chi connectivity index (χ4n) is 3.83. The number of carbonyl (C=O) groups excluding carboxylic acids is 1. The van der Waals surface area contributed by atoms with Gasteiger partial charge in [-0.3, -0.25) is 4.79 Å². The minimum absolute atomic E-state index is 0.174. The van der Waals surface area contributed by atoms with Crippen LogP contribution in [-0.4, -0.2) is 5.78 Å². The number of rotatable bonds is 0. The van der Waals surface area contributed by atoms with E-state index in [-0.39, 0.29) is 5.78 Å². The van der Waals surface area contributed by atoms with E-state index in [2.05, 4.69) is 54.6 Å². The zero-order valence-electron chi connectivity index (χ0n) is 12.5. The van der Waals surface area contributed by atoms with Crippen LogP contribution in [-0.2, 0) is 11.2 Å². The highest BCUT2D eigenvalue weighted by Gasteiger charge is 2.11. The van der Waals surface area contributed by atoms with Crippen molar-refractivity contribution in [3.63, 3.8) is 0 Å². The Hall–Kier alpha value is -2.93. The zero-order valence-corrected chi connectivity index (χ0v) is 12.5.